The molecule has 1 amide bonds. The molecular formula is C24H30F3N7O. The average molecular weight is 490 g/mol. The van der Waals surface area contributed by atoms with Crippen LogP contribution in [0.3, 0.4) is 0 Å². The number of anilines is 2. The summed E-state index contributed by atoms with van der Waals surface area (Å²) in [4.78, 5) is 31.8. The number of pyridine rings is 1. The number of carbonyl (C=O) groups is 1. The number of likely N-dealkylation sites (tertiary alicyclic amines) is 1. The minimum Gasteiger partial charge on any atom is -0.375 e. The van der Waals surface area contributed by atoms with Gasteiger partial charge in [-0.1, -0.05) is 6.92 Å². The van der Waals surface area contributed by atoms with Crippen LogP contribution in [0.1, 0.15) is 38.2 Å². The molecule has 1 saturated heterocycles. The maximum absolute atomic E-state index is 13.3. The maximum atomic E-state index is 13.3. The summed E-state index contributed by atoms with van der Waals surface area (Å²) >= 11 is 0. The highest BCUT2D eigenvalue weighted by molar-refractivity contribution is 5.96. The van der Waals surface area contributed by atoms with Gasteiger partial charge in [-0.25, -0.2) is 15.0 Å². The second kappa shape index (κ2) is 10.1. The molecule has 188 valence electrons. The van der Waals surface area contributed by atoms with Gasteiger partial charge in [0, 0.05) is 63.5 Å². The maximum Gasteiger partial charge on any atom is 0.417 e. The third kappa shape index (κ3) is 5.49. The molecular weight excluding hydrogens is 459 g/mol. The lowest BCUT2D eigenvalue weighted by Crippen LogP contribution is -2.39. The first-order chi connectivity index (χ1) is 16.7. The Morgan fingerprint density at radius 3 is 2.63 bits per heavy atom. The number of halogens is 3. The summed E-state index contributed by atoms with van der Waals surface area (Å²) in [6, 6.07) is 1.09. The molecule has 1 aliphatic rings. The van der Waals surface area contributed by atoms with Gasteiger partial charge in [-0.2, -0.15) is 13.2 Å². The minimum atomic E-state index is -4.49. The number of rotatable bonds is 7. The number of nitrogens with one attached hydrogen (secondary N) is 2. The molecule has 0 radical (unpaired) electrons. The number of nitrogens with zero attached hydrogens (tertiary/aromatic N) is 5. The molecule has 0 atom stereocenters. The molecule has 0 bridgehead atoms. The zero-order valence-corrected chi connectivity index (χ0v) is 20.1. The van der Waals surface area contributed by atoms with E-state index in [9.17, 15) is 18.0 Å². The summed E-state index contributed by atoms with van der Waals surface area (Å²) in [5.74, 6) is 1.00. The first-order valence-corrected chi connectivity index (χ1v) is 11.8. The summed E-state index contributed by atoms with van der Waals surface area (Å²) < 4.78 is 39.9. The number of aromatic amines is 1. The number of aromatic nitrogens is 4. The number of fused-ring (bicyclic) bond motifs is 1. The van der Waals surface area contributed by atoms with E-state index < -0.39 is 11.7 Å². The number of amides is 1. The largest absolute Gasteiger partial charge is 0.417 e. The van der Waals surface area contributed by atoms with Crippen molar-refractivity contribution in [1.82, 2.24) is 24.8 Å². The highest BCUT2D eigenvalue weighted by atomic mass is 19.4. The second-order valence-electron chi connectivity index (χ2n) is 9.10. The quantitative estimate of drug-likeness (QED) is 0.506. The lowest BCUT2D eigenvalue weighted by atomic mass is 9.96. The van der Waals surface area contributed by atoms with E-state index in [0.717, 1.165) is 44.6 Å². The zero-order chi connectivity index (χ0) is 25.2. The minimum absolute atomic E-state index is 0.216. The Bertz CT molecular complexity index is 1180. The molecule has 0 aliphatic carbocycles. The van der Waals surface area contributed by atoms with Gasteiger partial charge in [0.2, 0.25) is 11.9 Å². The molecule has 0 spiro atoms. The molecule has 1 aliphatic heterocycles. The summed E-state index contributed by atoms with van der Waals surface area (Å²) in [5, 5.41) is 3.63. The van der Waals surface area contributed by atoms with Crippen LogP contribution in [0.15, 0.2) is 24.7 Å². The molecule has 8 nitrogen and oxygen atoms in total. The normalized spacial score (nSPS) is 15.0. The molecule has 3 aromatic rings. The summed E-state index contributed by atoms with van der Waals surface area (Å²) in [5.41, 5.74) is 1.26. The molecule has 2 N–H and O–H groups in total. The molecule has 0 saturated carbocycles. The lowest BCUT2D eigenvalue weighted by molar-refractivity contribution is -0.137. The first kappa shape index (κ1) is 24.7. The van der Waals surface area contributed by atoms with Crippen molar-refractivity contribution >= 4 is 28.6 Å². The van der Waals surface area contributed by atoms with Crippen molar-refractivity contribution < 1.29 is 18.0 Å². The van der Waals surface area contributed by atoms with Gasteiger partial charge in [0.15, 0.2) is 0 Å². The van der Waals surface area contributed by atoms with E-state index in [2.05, 4.69) is 25.3 Å². The van der Waals surface area contributed by atoms with Gasteiger partial charge in [0.05, 0.1) is 17.4 Å². The predicted octanol–water partition coefficient (Wildman–Crippen LogP) is 4.56. The predicted molar refractivity (Wildman–Crippen MR) is 129 cm³/mol. The highest BCUT2D eigenvalue weighted by Crippen LogP contribution is 2.36. The topological polar surface area (TPSA) is 90.0 Å². The van der Waals surface area contributed by atoms with Gasteiger partial charge in [-0.15, -0.1) is 0 Å². The number of alkyl halides is 3. The third-order valence-corrected chi connectivity index (χ3v) is 6.34. The van der Waals surface area contributed by atoms with Crippen molar-refractivity contribution in [3.05, 3.63) is 30.2 Å². The van der Waals surface area contributed by atoms with Crippen LogP contribution in [0, 0.1) is 5.92 Å². The summed E-state index contributed by atoms with van der Waals surface area (Å²) in [6.07, 6.45) is 2.87. The highest BCUT2D eigenvalue weighted by Gasteiger charge is 2.32. The van der Waals surface area contributed by atoms with Crippen molar-refractivity contribution in [2.75, 3.05) is 43.9 Å². The van der Waals surface area contributed by atoms with Gasteiger partial charge in [0.25, 0.3) is 0 Å². The molecule has 0 unspecified atom stereocenters. The van der Waals surface area contributed by atoms with Crippen molar-refractivity contribution in [2.24, 2.45) is 5.92 Å². The number of carbonyl (C=O) groups excluding carboxylic acids is 1. The number of H-pyrrole nitrogens is 1. The Morgan fingerprint density at radius 2 is 1.97 bits per heavy atom. The fraction of sp³-hybridized carbons (Fsp3) is 0.500. The van der Waals surface area contributed by atoms with Crippen LogP contribution in [0.2, 0.25) is 0 Å². The number of piperidine rings is 1. The monoisotopic (exact) mass is 489 g/mol. The van der Waals surface area contributed by atoms with Crippen molar-refractivity contribution in [3.63, 3.8) is 0 Å². The lowest BCUT2D eigenvalue weighted by Gasteiger charge is -2.32. The Balaban J connectivity index is 1.54. The Morgan fingerprint density at radius 1 is 1.23 bits per heavy atom. The van der Waals surface area contributed by atoms with Crippen LogP contribution in [-0.4, -0.2) is 64.5 Å². The molecule has 4 rings (SSSR count). The Kier molecular flexibility index (Phi) is 7.13. The Hall–Kier alpha value is -3.37. The van der Waals surface area contributed by atoms with Crippen LogP contribution in [0.4, 0.5) is 24.8 Å². The molecule has 3 aromatic heterocycles. The van der Waals surface area contributed by atoms with E-state index in [-0.39, 0.29) is 5.91 Å². The van der Waals surface area contributed by atoms with Crippen LogP contribution in [0.5, 0.6) is 0 Å². The molecule has 0 aromatic carbocycles. The van der Waals surface area contributed by atoms with Crippen LogP contribution >= 0.6 is 0 Å². The first-order valence-electron chi connectivity index (χ1n) is 11.8. The summed E-state index contributed by atoms with van der Waals surface area (Å²) in [6.45, 7) is 4.16. The van der Waals surface area contributed by atoms with Crippen LogP contribution < -0.4 is 10.2 Å². The van der Waals surface area contributed by atoms with Gasteiger partial charge < -0.3 is 20.1 Å². The second-order valence-corrected chi connectivity index (χ2v) is 9.10. The molecule has 35 heavy (non-hydrogen) atoms. The van der Waals surface area contributed by atoms with E-state index in [1.54, 1.807) is 12.4 Å². The van der Waals surface area contributed by atoms with Crippen molar-refractivity contribution in [3.8, 4) is 11.3 Å². The smallest absolute Gasteiger partial charge is 0.375 e. The van der Waals surface area contributed by atoms with E-state index in [4.69, 9.17) is 0 Å². The molecule has 1 fully saturated rings. The number of hydrogen-bond acceptors (Lipinski definition) is 6. The fourth-order valence-electron chi connectivity index (χ4n) is 4.33. The van der Waals surface area contributed by atoms with Gasteiger partial charge in [-0.05, 0) is 31.2 Å². The van der Waals surface area contributed by atoms with E-state index in [1.807, 2.05) is 30.8 Å². The van der Waals surface area contributed by atoms with E-state index in [1.165, 1.54) is 0 Å². The third-order valence-electron chi connectivity index (χ3n) is 6.34. The van der Waals surface area contributed by atoms with Crippen molar-refractivity contribution in [2.45, 2.75) is 38.8 Å². The van der Waals surface area contributed by atoms with Crippen LogP contribution in [-0.2, 0) is 11.0 Å². The molecule has 4 heterocycles. The van der Waals surface area contributed by atoms with E-state index in [0.29, 0.717) is 52.8 Å². The average Bonchev–Trinajstić information content (AvgIpc) is 3.25. The van der Waals surface area contributed by atoms with E-state index >= 15 is 0 Å². The Labute approximate surface area is 202 Å². The zero-order valence-electron chi connectivity index (χ0n) is 20.1. The van der Waals surface area contributed by atoms with Gasteiger partial charge in [0.1, 0.15) is 11.3 Å². The van der Waals surface area contributed by atoms with Crippen molar-refractivity contribution in [1.29, 1.82) is 0 Å². The fourth-order valence-corrected chi connectivity index (χ4v) is 4.33. The SMILES string of the molecule is CCCC(=O)N1CCC(CNc2ncc(N(C)C)c(-c3c[nH]c4ncc(C(F)(F)F)cc34)n2)CC1. The van der Waals surface area contributed by atoms with Gasteiger partial charge >= 0.3 is 6.18 Å². The summed E-state index contributed by atoms with van der Waals surface area (Å²) in [7, 11) is 3.66. The molecule has 11 heteroatoms. The van der Waals surface area contributed by atoms with Gasteiger partial charge in [-0.3, -0.25) is 4.79 Å². The number of hydrogen-bond donors (Lipinski definition) is 2. The van der Waals surface area contributed by atoms with Crippen LogP contribution in [0.25, 0.3) is 22.3 Å². The standard InChI is InChI=1S/C24H30F3N7O/c1-4-5-20(35)34-8-6-15(7-9-34)11-30-23-31-14-19(33(2)3)21(32-23)18-13-29-22-17(18)10-16(12-28-22)24(25,26)27/h10,12-15H,4-9,11H2,1-3H3,(H,28,29)(H,30,31,32).